The molecule has 1 aromatic carbocycles. The Morgan fingerprint density at radius 2 is 2.12 bits per heavy atom. The fraction of sp³-hybridized carbons (Fsp3) is 0.500. The summed E-state index contributed by atoms with van der Waals surface area (Å²) < 4.78 is 6.41. The van der Waals surface area contributed by atoms with Gasteiger partial charge in [-0.05, 0) is 66.3 Å². The van der Waals surface area contributed by atoms with E-state index in [4.69, 9.17) is 4.52 Å². The van der Waals surface area contributed by atoms with Gasteiger partial charge in [0, 0.05) is 29.0 Å². The normalized spacial score (nSPS) is 21.0. The average Bonchev–Trinajstić information content (AvgIpc) is 3.35. The van der Waals surface area contributed by atoms with Crippen molar-refractivity contribution in [2.45, 2.75) is 38.0 Å². The molecule has 1 aromatic heterocycles. The van der Waals surface area contributed by atoms with Gasteiger partial charge in [-0.25, -0.2) is 0 Å². The Hall–Kier alpha value is -1.44. The van der Waals surface area contributed by atoms with Gasteiger partial charge in [0.1, 0.15) is 0 Å². The maximum Gasteiger partial charge on any atom is 0.254 e. The molecule has 1 unspecified atom stereocenters. The van der Waals surface area contributed by atoms with Crippen molar-refractivity contribution in [3.63, 3.8) is 0 Å². The van der Waals surface area contributed by atoms with Crippen LogP contribution < -0.4 is 0 Å². The minimum absolute atomic E-state index is 0.133. The number of hydrogen-bond donors (Lipinski definition) is 0. The monoisotopic (exact) mass is 437 g/mol. The Labute approximate surface area is 154 Å². The van der Waals surface area contributed by atoms with Crippen LogP contribution in [-0.4, -0.2) is 34.0 Å². The number of carbonyl (C=O) groups is 1. The van der Waals surface area contributed by atoms with E-state index in [0.717, 1.165) is 53.2 Å². The predicted molar refractivity (Wildman–Crippen MR) is 97.8 cm³/mol. The molecule has 2 fully saturated rings. The molecule has 24 heavy (non-hydrogen) atoms. The standard InChI is InChI=1S/C18H20IN3O2/c19-15-6-2-1-5-14(15)18(23)22-9-3-4-12(11-22)10-16-20-17(21-24-16)13-7-8-13/h1-2,5-6,12-13H,3-4,7-11H2. The van der Waals surface area contributed by atoms with Crippen molar-refractivity contribution in [1.82, 2.24) is 15.0 Å². The van der Waals surface area contributed by atoms with Gasteiger partial charge in [-0.3, -0.25) is 4.79 Å². The van der Waals surface area contributed by atoms with Crippen LogP contribution >= 0.6 is 22.6 Å². The molecule has 2 aromatic rings. The van der Waals surface area contributed by atoms with Crippen LogP contribution in [0.4, 0.5) is 0 Å². The van der Waals surface area contributed by atoms with E-state index in [1.807, 2.05) is 29.2 Å². The molecule has 1 aliphatic carbocycles. The zero-order valence-electron chi connectivity index (χ0n) is 13.4. The van der Waals surface area contributed by atoms with Gasteiger partial charge in [0.2, 0.25) is 5.89 Å². The van der Waals surface area contributed by atoms with Crippen molar-refractivity contribution in [3.8, 4) is 0 Å². The number of halogens is 1. The first-order valence-electron chi connectivity index (χ1n) is 8.57. The zero-order chi connectivity index (χ0) is 16.5. The summed E-state index contributed by atoms with van der Waals surface area (Å²) in [5.74, 6) is 2.65. The zero-order valence-corrected chi connectivity index (χ0v) is 15.6. The first-order valence-corrected chi connectivity index (χ1v) is 9.65. The quantitative estimate of drug-likeness (QED) is 0.686. The van der Waals surface area contributed by atoms with Crippen LogP contribution in [0.25, 0.3) is 0 Å². The summed E-state index contributed by atoms with van der Waals surface area (Å²) in [5.41, 5.74) is 0.799. The molecule has 2 aliphatic rings. The highest BCUT2D eigenvalue weighted by Crippen LogP contribution is 2.38. The van der Waals surface area contributed by atoms with Gasteiger partial charge in [0.15, 0.2) is 5.82 Å². The Morgan fingerprint density at radius 3 is 2.92 bits per heavy atom. The second-order valence-electron chi connectivity index (χ2n) is 6.76. The van der Waals surface area contributed by atoms with Crippen LogP contribution in [0.3, 0.4) is 0 Å². The summed E-state index contributed by atoms with van der Waals surface area (Å²) in [7, 11) is 0. The first kappa shape index (κ1) is 16.1. The highest BCUT2D eigenvalue weighted by Gasteiger charge is 2.30. The number of nitrogens with zero attached hydrogens (tertiary/aromatic N) is 3. The van der Waals surface area contributed by atoms with Crippen molar-refractivity contribution in [2.75, 3.05) is 13.1 Å². The number of piperidine rings is 1. The molecule has 2 heterocycles. The summed E-state index contributed by atoms with van der Waals surface area (Å²) in [6.45, 7) is 1.60. The van der Waals surface area contributed by atoms with Crippen LogP contribution in [0.5, 0.6) is 0 Å². The van der Waals surface area contributed by atoms with Gasteiger partial charge >= 0.3 is 0 Å². The van der Waals surface area contributed by atoms with E-state index in [1.54, 1.807) is 0 Å². The number of amides is 1. The average molecular weight is 437 g/mol. The van der Waals surface area contributed by atoms with Crippen molar-refractivity contribution in [2.24, 2.45) is 5.92 Å². The SMILES string of the molecule is O=C(c1ccccc1I)N1CCCC(Cc2nc(C3CC3)no2)C1. The molecule has 0 spiro atoms. The molecule has 1 aliphatic heterocycles. The number of rotatable bonds is 4. The van der Waals surface area contributed by atoms with Gasteiger partial charge < -0.3 is 9.42 Å². The first-order chi connectivity index (χ1) is 11.7. The van der Waals surface area contributed by atoms with Crippen molar-refractivity contribution >= 4 is 28.5 Å². The van der Waals surface area contributed by atoms with E-state index in [9.17, 15) is 4.79 Å². The summed E-state index contributed by atoms with van der Waals surface area (Å²) in [6.07, 6.45) is 5.27. The van der Waals surface area contributed by atoms with Crippen molar-refractivity contribution < 1.29 is 9.32 Å². The van der Waals surface area contributed by atoms with E-state index >= 15 is 0 Å². The third-order valence-electron chi connectivity index (χ3n) is 4.80. The molecule has 4 rings (SSSR count). The van der Waals surface area contributed by atoms with Crippen molar-refractivity contribution in [1.29, 1.82) is 0 Å². The number of likely N-dealkylation sites (tertiary alicyclic amines) is 1. The van der Waals surface area contributed by atoms with Crippen LogP contribution in [0.1, 0.15) is 53.7 Å². The summed E-state index contributed by atoms with van der Waals surface area (Å²) >= 11 is 2.23. The third-order valence-corrected chi connectivity index (χ3v) is 5.74. The molecule has 0 bridgehead atoms. The largest absolute Gasteiger partial charge is 0.339 e. The van der Waals surface area contributed by atoms with Crippen LogP contribution in [0, 0.1) is 9.49 Å². The maximum atomic E-state index is 12.8. The highest BCUT2D eigenvalue weighted by molar-refractivity contribution is 14.1. The molecular formula is C18H20IN3O2. The van der Waals surface area contributed by atoms with E-state index < -0.39 is 0 Å². The maximum absolute atomic E-state index is 12.8. The predicted octanol–water partition coefficient (Wildman–Crippen LogP) is 3.65. The van der Waals surface area contributed by atoms with E-state index in [0.29, 0.717) is 11.8 Å². The topological polar surface area (TPSA) is 59.2 Å². The smallest absolute Gasteiger partial charge is 0.254 e. The Kier molecular flexibility index (Phi) is 4.56. The molecule has 1 saturated carbocycles. The van der Waals surface area contributed by atoms with E-state index in [1.165, 1.54) is 12.8 Å². The summed E-state index contributed by atoms with van der Waals surface area (Å²) in [6, 6.07) is 7.78. The van der Waals surface area contributed by atoms with Gasteiger partial charge in [-0.1, -0.05) is 17.3 Å². The van der Waals surface area contributed by atoms with Gasteiger partial charge in [0.05, 0.1) is 5.56 Å². The second kappa shape index (κ2) is 6.82. The molecule has 1 saturated heterocycles. The van der Waals surface area contributed by atoms with Crippen LogP contribution in [0.2, 0.25) is 0 Å². The highest BCUT2D eigenvalue weighted by atomic mass is 127. The lowest BCUT2D eigenvalue weighted by Crippen LogP contribution is -2.40. The van der Waals surface area contributed by atoms with Gasteiger partial charge in [0.25, 0.3) is 5.91 Å². The van der Waals surface area contributed by atoms with Gasteiger partial charge in [-0.15, -0.1) is 0 Å². The fourth-order valence-corrected chi connectivity index (χ4v) is 3.94. The summed E-state index contributed by atoms with van der Waals surface area (Å²) in [5, 5.41) is 4.09. The number of benzene rings is 1. The molecule has 6 heteroatoms. The number of carbonyl (C=O) groups excluding carboxylic acids is 1. The number of hydrogen-bond acceptors (Lipinski definition) is 4. The molecule has 126 valence electrons. The lowest BCUT2D eigenvalue weighted by Gasteiger charge is -2.32. The molecule has 1 atom stereocenters. The number of aromatic nitrogens is 2. The van der Waals surface area contributed by atoms with E-state index in [2.05, 4.69) is 32.7 Å². The Morgan fingerprint density at radius 1 is 1.29 bits per heavy atom. The van der Waals surface area contributed by atoms with Crippen LogP contribution in [0.15, 0.2) is 28.8 Å². The van der Waals surface area contributed by atoms with Crippen LogP contribution in [-0.2, 0) is 6.42 Å². The van der Waals surface area contributed by atoms with E-state index in [-0.39, 0.29) is 5.91 Å². The minimum atomic E-state index is 0.133. The molecule has 1 amide bonds. The second-order valence-corrected chi connectivity index (χ2v) is 7.93. The van der Waals surface area contributed by atoms with Gasteiger partial charge in [-0.2, -0.15) is 4.98 Å². The Balaban J connectivity index is 1.41. The summed E-state index contributed by atoms with van der Waals surface area (Å²) in [4.78, 5) is 19.3. The van der Waals surface area contributed by atoms with Crippen molar-refractivity contribution in [3.05, 3.63) is 45.1 Å². The fourth-order valence-electron chi connectivity index (χ4n) is 3.33. The minimum Gasteiger partial charge on any atom is -0.339 e. The molecular weight excluding hydrogens is 417 g/mol. The molecule has 5 nitrogen and oxygen atoms in total. The lowest BCUT2D eigenvalue weighted by atomic mass is 9.94. The molecule has 0 N–H and O–H groups in total. The molecule has 0 radical (unpaired) electrons. The lowest BCUT2D eigenvalue weighted by molar-refractivity contribution is 0.0667. The third kappa shape index (κ3) is 3.48. The Bertz CT molecular complexity index is 741.